The predicted molar refractivity (Wildman–Crippen MR) is 128 cm³/mol. The van der Waals surface area contributed by atoms with E-state index < -0.39 is 22.2 Å². The molecule has 0 aromatic heterocycles. The molecule has 1 saturated heterocycles. The topological polar surface area (TPSA) is 107 Å². The van der Waals surface area contributed by atoms with E-state index in [0.29, 0.717) is 13.1 Å². The highest BCUT2D eigenvalue weighted by Gasteiger charge is 2.38. The molecule has 2 aromatic carbocycles. The number of nitrogens with zero attached hydrogens (tertiary/aromatic N) is 2. The van der Waals surface area contributed by atoms with Gasteiger partial charge in [0.25, 0.3) is 0 Å². The summed E-state index contributed by atoms with van der Waals surface area (Å²) in [5.41, 5.74) is 2.91. The Morgan fingerprint density at radius 1 is 1.03 bits per heavy atom. The van der Waals surface area contributed by atoms with Gasteiger partial charge in [-0.15, -0.1) is 0 Å². The molecule has 2 aromatic rings. The number of carbonyl (C=O) groups is 2. The van der Waals surface area contributed by atoms with Gasteiger partial charge in [0.2, 0.25) is 15.9 Å². The second kappa shape index (κ2) is 12.8. The summed E-state index contributed by atoms with van der Waals surface area (Å²) in [4.78, 5) is 23.6. The quantitative estimate of drug-likeness (QED) is 0.571. The zero-order valence-corrected chi connectivity index (χ0v) is 20.9. The summed E-state index contributed by atoms with van der Waals surface area (Å²) in [6.07, 6.45) is -4.91. The minimum absolute atomic E-state index is 0.000140. The van der Waals surface area contributed by atoms with Crippen LogP contribution in [0.2, 0.25) is 0 Å². The van der Waals surface area contributed by atoms with Crippen molar-refractivity contribution in [1.29, 1.82) is 0 Å². The van der Waals surface area contributed by atoms with Crippen molar-refractivity contribution in [3.63, 3.8) is 0 Å². The molecule has 8 nitrogen and oxygen atoms in total. The fraction of sp³-hybridized carbons (Fsp3) is 0.417. The Hall–Kier alpha value is -2.96. The number of benzene rings is 2. The molecule has 198 valence electrons. The number of piperazine rings is 1. The molecule has 0 saturated carbocycles. The summed E-state index contributed by atoms with van der Waals surface area (Å²) in [6, 6.07) is 14.7. The van der Waals surface area contributed by atoms with Gasteiger partial charge in [0, 0.05) is 45.7 Å². The third-order valence-electron chi connectivity index (χ3n) is 5.39. The molecule has 3 rings (SSSR count). The third-order valence-corrected chi connectivity index (χ3v) is 7.24. The van der Waals surface area contributed by atoms with Crippen LogP contribution in [0.25, 0.3) is 0 Å². The van der Waals surface area contributed by atoms with E-state index in [0.717, 1.165) is 29.8 Å². The van der Waals surface area contributed by atoms with E-state index >= 15 is 0 Å². The smallest absolute Gasteiger partial charge is 0.475 e. The molecule has 0 unspecified atom stereocenters. The zero-order valence-electron chi connectivity index (χ0n) is 20.1. The van der Waals surface area contributed by atoms with Gasteiger partial charge in [0.15, 0.2) is 0 Å². The highest BCUT2D eigenvalue weighted by molar-refractivity contribution is 7.89. The van der Waals surface area contributed by atoms with Crippen LogP contribution >= 0.6 is 0 Å². The van der Waals surface area contributed by atoms with Gasteiger partial charge in [-0.1, -0.05) is 42.0 Å². The molecular formula is C24H30F3N3O5S. The molecule has 0 spiro atoms. The number of halogens is 3. The molecule has 0 atom stereocenters. The number of carboxylic acid groups (broad SMARTS) is 1. The highest BCUT2D eigenvalue weighted by atomic mass is 32.2. The number of hydrogen-bond acceptors (Lipinski definition) is 5. The van der Waals surface area contributed by atoms with Crippen molar-refractivity contribution in [2.24, 2.45) is 0 Å². The normalized spacial score (nSPS) is 14.2. The number of rotatable bonds is 7. The van der Waals surface area contributed by atoms with Crippen LogP contribution in [0.5, 0.6) is 0 Å². The van der Waals surface area contributed by atoms with Crippen LogP contribution in [0.1, 0.15) is 23.1 Å². The van der Waals surface area contributed by atoms with Crippen LogP contribution in [-0.4, -0.2) is 73.5 Å². The number of carboxylic acids is 1. The zero-order chi connectivity index (χ0) is 26.9. The summed E-state index contributed by atoms with van der Waals surface area (Å²) < 4.78 is 59.8. The summed E-state index contributed by atoms with van der Waals surface area (Å²) in [5.74, 6) is -2.76. The standard InChI is InChI=1S/C22H29N3O3S.C2HF3O2/c1-18-6-8-20(9-7-18)17-25(13-10-22(26)24-14-11-23-12-15-24)29(27,28)21-5-3-4-19(2)16-21;3-2(4,5)1(6)7/h3-9,16,23H,10-15,17H2,1-2H3;(H,6,7). The van der Waals surface area contributed by atoms with Crippen LogP contribution in [0.3, 0.4) is 0 Å². The monoisotopic (exact) mass is 529 g/mol. The van der Waals surface area contributed by atoms with Crippen molar-refractivity contribution in [3.8, 4) is 0 Å². The fourth-order valence-electron chi connectivity index (χ4n) is 3.40. The van der Waals surface area contributed by atoms with Crippen molar-refractivity contribution < 1.29 is 36.3 Å². The summed E-state index contributed by atoms with van der Waals surface area (Å²) in [5, 5.41) is 10.3. The van der Waals surface area contributed by atoms with Gasteiger partial charge in [-0.3, -0.25) is 4.79 Å². The maximum atomic E-state index is 13.3. The Balaban J connectivity index is 0.000000572. The maximum Gasteiger partial charge on any atom is 0.490 e. The minimum atomic E-state index is -5.08. The first-order chi connectivity index (χ1) is 16.8. The first kappa shape index (κ1) is 29.3. The number of sulfonamides is 1. The van der Waals surface area contributed by atoms with Crippen molar-refractivity contribution in [3.05, 3.63) is 65.2 Å². The van der Waals surface area contributed by atoms with Gasteiger partial charge in [-0.05, 0) is 37.1 Å². The number of carbonyl (C=O) groups excluding carboxylic acids is 1. The van der Waals surface area contributed by atoms with E-state index in [4.69, 9.17) is 9.90 Å². The van der Waals surface area contributed by atoms with Crippen molar-refractivity contribution >= 4 is 21.9 Å². The van der Waals surface area contributed by atoms with Crippen LogP contribution in [0, 0.1) is 13.8 Å². The van der Waals surface area contributed by atoms with Gasteiger partial charge in [0.05, 0.1) is 4.90 Å². The van der Waals surface area contributed by atoms with Crippen LogP contribution in [0.15, 0.2) is 53.4 Å². The number of hydrogen-bond donors (Lipinski definition) is 2. The molecule has 1 aliphatic rings. The average molecular weight is 530 g/mol. The minimum Gasteiger partial charge on any atom is -0.475 e. The lowest BCUT2D eigenvalue weighted by atomic mass is 10.1. The van der Waals surface area contributed by atoms with E-state index in [1.807, 2.05) is 44.2 Å². The summed E-state index contributed by atoms with van der Waals surface area (Å²) in [6.45, 7) is 7.16. The van der Waals surface area contributed by atoms with Gasteiger partial charge >= 0.3 is 12.1 Å². The van der Waals surface area contributed by atoms with Crippen molar-refractivity contribution in [1.82, 2.24) is 14.5 Å². The number of amides is 1. The van der Waals surface area contributed by atoms with Crippen LogP contribution < -0.4 is 5.32 Å². The first-order valence-electron chi connectivity index (χ1n) is 11.2. The molecule has 1 amide bonds. The summed E-state index contributed by atoms with van der Waals surface area (Å²) >= 11 is 0. The molecule has 1 fully saturated rings. The van der Waals surface area contributed by atoms with E-state index in [1.54, 1.807) is 23.1 Å². The maximum absolute atomic E-state index is 13.3. The number of aryl methyl sites for hydroxylation is 2. The van der Waals surface area contributed by atoms with E-state index in [-0.39, 0.29) is 30.3 Å². The van der Waals surface area contributed by atoms with Crippen molar-refractivity contribution in [2.45, 2.75) is 37.9 Å². The second-order valence-corrected chi connectivity index (χ2v) is 10.3. The predicted octanol–water partition coefficient (Wildman–Crippen LogP) is 2.95. The fourth-order valence-corrected chi connectivity index (χ4v) is 4.93. The molecule has 36 heavy (non-hydrogen) atoms. The molecule has 1 heterocycles. The highest BCUT2D eigenvalue weighted by Crippen LogP contribution is 2.20. The average Bonchev–Trinajstić information content (AvgIpc) is 2.83. The van der Waals surface area contributed by atoms with E-state index in [1.165, 1.54) is 4.31 Å². The van der Waals surface area contributed by atoms with Crippen molar-refractivity contribution in [2.75, 3.05) is 32.7 Å². The Labute approximate surface area is 208 Å². The molecule has 0 radical (unpaired) electrons. The van der Waals surface area contributed by atoms with E-state index in [9.17, 15) is 26.4 Å². The first-order valence-corrected chi connectivity index (χ1v) is 12.7. The largest absolute Gasteiger partial charge is 0.490 e. The number of aliphatic carboxylic acids is 1. The molecule has 1 aliphatic heterocycles. The van der Waals surface area contributed by atoms with Gasteiger partial charge in [-0.2, -0.15) is 17.5 Å². The van der Waals surface area contributed by atoms with Gasteiger partial charge < -0.3 is 15.3 Å². The number of nitrogens with one attached hydrogen (secondary N) is 1. The van der Waals surface area contributed by atoms with Gasteiger partial charge in [0.1, 0.15) is 0 Å². The molecule has 2 N–H and O–H groups in total. The Morgan fingerprint density at radius 3 is 2.14 bits per heavy atom. The molecule has 0 bridgehead atoms. The Bertz CT molecular complexity index is 1130. The lowest BCUT2D eigenvalue weighted by Crippen LogP contribution is -2.47. The molecular weight excluding hydrogens is 499 g/mol. The van der Waals surface area contributed by atoms with E-state index in [2.05, 4.69) is 5.32 Å². The Morgan fingerprint density at radius 2 is 1.61 bits per heavy atom. The van der Waals surface area contributed by atoms with Gasteiger partial charge in [-0.25, -0.2) is 13.2 Å². The second-order valence-electron chi connectivity index (χ2n) is 8.32. The lowest BCUT2D eigenvalue weighted by Gasteiger charge is -2.29. The third kappa shape index (κ3) is 8.92. The van der Waals surface area contributed by atoms with Crippen LogP contribution in [0.4, 0.5) is 13.2 Å². The number of alkyl halides is 3. The summed E-state index contributed by atoms with van der Waals surface area (Å²) in [7, 11) is -3.71. The van der Waals surface area contributed by atoms with Crippen LogP contribution in [-0.2, 0) is 26.2 Å². The molecule has 0 aliphatic carbocycles. The Kier molecular flexibility index (Phi) is 10.4. The SMILES string of the molecule is Cc1ccc(CN(CCC(=O)N2CCNCC2)S(=O)(=O)c2cccc(C)c2)cc1.O=C(O)C(F)(F)F. The lowest BCUT2D eigenvalue weighted by molar-refractivity contribution is -0.192. The molecule has 12 heteroatoms.